The summed E-state index contributed by atoms with van der Waals surface area (Å²) in [5.74, 6) is 1.13. The average molecular weight is 429 g/mol. The summed E-state index contributed by atoms with van der Waals surface area (Å²) in [6.07, 6.45) is 9.64. The monoisotopic (exact) mass is 428 g/mol. The fourth-order valence-corrected chi connectivity index (χ4v) is 5.25. The quantitative estimate of drug-likeness (QED) is 0.779. The van der Waals surface area contributed by atoms with Gasteiger partial charge >= 0.3 is 0 Å². The fourth-order valence-electron chi connectivity index (χ4n) is 5.25. The van der Waals surface area contributed by atoms with Crippen molar-refractivity contribution in [3.8, 4) is 0 Å². The molecule has 3 fully saturated rings. The topological polar surface area (TPSA) is 84.4 Å². The summed E-state index contributed by atoms with van der Waals surface area (Å²) >= 11 is 0. The minimum absolute atomic E-state index is 0.0699. The Kier molecular flexibility index (Phi) is 7.20. The molecule has 2 amide bonds. The van der Waals surface area contributed by atoms with Crippen molar-refractivity contribution in [3.05, 3.63) is 22.8 Å². The van der Waals surface area contributed by atoms with E-state index in [0.717, 1.165) is 67.8 Å². The van der Waals surface area contributed by atoms with Gasteiger partial charge in [0.2, 0.25) is 5.91 Å². The number of aryl methyl sites for hydroxylation is 2. The third-order valence-corrected chi connectivity index (χ3v) is 7.05. The summed E-state index contributed by atoms with van der Waals surface area (Å²) in [5.41, 5.74) is 2.69. The molecule has 0 bridgehead atoms. The summed E-state index contributed by atoms with van der Waals surface area (Å²) in [4.78, 5) is 36.9. The maximum Gasteiger partial charge on any atom is 0.251 e. The predicted molar refractivity (Wildman–Crippen MR) is 118 cm³/mol. The van der Waals surface area contributed by atoms with Crippen molar-refractivity contribution in [1.82, 2.24) is 20.2 Å². The van der Waals surface area contributed by atoms with Crippen molar-refractivity contribution in [1.29, 1.82) is 0 Å². The van der Waals surface area contributed by atoms with Gasteiger partial charge in [-0.25, -0.2) is 9.97 Å². The number of amides is 2. The minimum Gasteiger partial charge on any atom is -0.368 e. The molecule has 7 heteroatoms. The summed E-state index contributed by atoms with van der Waals surface area (Å²) in [7, 11) is 0. The number of nitrogens with one attached hydrogen (secondary N) is 1. The second kappa shape index (κ2) is 10.1. The van der Waals surface area contributed by atoms with Gasteiger partial charge in [0.15, 0.2) is 0 Å². The number of rotatable bonds is 5. The first-order valence-corrected chi connectivity index (χ1v) is 12.0. The molecule has 2 aliphatic heterocycles. The molecule has 4 rings (SSSR count). The molecule has 1 N–H and O–H groups in total. The number of ether oxygens (including phenoxy) is 1. The molecule has 3 heterocycles. The van der Waals surface area contributed by atoms with Gasteiger partial charge < -0.3 is 15.0 Å². The maximum atomic E-state index is 12.8. The maximum absolute atomic E-state index is 12.8. The molecule has 1 aliphatic carbocycles. The molecule has 0 aromatic carbocycles. The van der Waals surface area contributed by atoms with Gasteiger partial charge in [-0.1, -0.05) is 19.3 Å². The third kappa shape index (κ3) is 5.43. The Morgan fingerprint density at radius 2 is 1.74 bits per heavy atom. The Morgan fingerprint density at radius 3 is 2.42 bits per heavy atom. The Hall–Kier alpha value is -2.02. The molecule has 0 spiro atoms. The van der Waals surface area contributed by atoms with Gasteiger partial charge in [-0.3, -0.25) is 9.59 Å². The molecule has 0 unspecified atom stereocenters. The highest BCUT2D eigenvalue weighted by Gasteiger charge is 2.33. The van der Waals surface area contributed by atoms with E-state index in [9.17, 15) is 9.59 Å². The van der Waals surface area contributed by atoms with Gasteiger partial charge in [0.25, 0.3) is 5.91 Å². The fraction of sp³-hybridized carbons (Fsp3) is 0.750. The van der Waals surface area contributed by atoms with Crippen LogP contribution in [0.15, 0.2) is 0 Å². The highest BCUT2D eigenvalue weighted by atomic mass is 16.5. The van der Waals surface area contributed by atoms with Gasteiger partial charge in [0.05, 0.1) is 6.42 Å². The summed E-state index contributed by atoms with van der Waals surface area (Å²) in [5, 5.41) is 3.19. The van der Waals surface area contributed by atoms with E-state index in [4.69, 9.17) is 14.7 Å². The van der Waals surface area contributed by atoms with Crippen LogP contribution in [0.2, 0.25) is 0 Å². The van der Waals surface area contributed by atoms with E-state index in [0.29, 0.717) is 25.6 Å². The van der Waals surface area contributed by atoms with Crippen molar-refractivity contribution >= 4 is 11.8 Å². The molecule has 170 valence electrons. The lowest BCUT2D eigenvalue weighted by Gasteiger charge is -2.33. The van der Waals surface area contributed by atoms with Crippen LogP contribution in [0.25, 0.3) is 0 Å². The number of hydrogen-bond donors (Lipinski definition) is 1. The molecule has 1 aromatic heterocycles. The molecular weight excluding hydrogens is 392 g/mol. The van der Waals surface area contributed by atoms with Crippen molar-refractivity contribution in [2.75, 3.05) is 19.7 Å². The molecule has 1 aromatic rings. The van der Waals surface area contributed by atoms with Crippen molar-refractivity contribution in [3.63, 3.8) is 0 Å². The normalized spacial score (nSPS) is 24.9. The molecule has 0 radical (unpaired) electrons. The van der Waals surface area contributed by atoms with Gasteiger partial charge in [-0.2, -0.15) is 0 Å². The second-order valence-corrected chi connectivity index (χ2v) is 9.44. The SMILES string of the molecule is Cc1nc([C@@H]2CCCN(C(=O)[C@H]3CCCO3)C2)nc(C)c1CC(=O)NC1CCCCC1. The zero-order chi connectivity index (χ0) is 21.8. The van der Waals surface area contributed by atoms with Crippen molar-refractivity contribution in [2.24, 2.45) is 0 Å². The highest BCUT2D eigenvalue weighted by Crippen LogP contribution is 2.28. The summed E-state index contributed by atoms with van der Waals surface area (Å²) in [6, 6.07) is 0.316. The number of aromatic nitrogens is 2. The molecule has 1 saturated carbocycles. The zero-order valence-corrected chi connectivity index (χ0v) is 19.0. The lowest BCUT2D eigenvalue weighted by Crippen LogP contribution is -2.44. The Balaban J connectivity index is 1.40. The van der Waals surface area contributed by atoms with Gasteiger partial charge in [0.1, 0.15) is 11.9 Å². The number of hydrogen-bond acceptors (Lipinski definition) is 5. The van der Waals surface area contributed by atoms with Crippen LogP contribution in [-0.2, 0) is 20.7 Å². The van der Waals surface area contributed by atoms with E-state index in [1.54, 1.807) is 0 Å². The number of piperidine rings is 1. The highest BCUT2D eigenvalue weighted by molar-refractivity contribution is 5.81. The Bertz CT molecular complexity index is 777. The zero-order valence-electron chi connectivity index (χ0n) is 19.0. The van der Waals surface area contributed by atoms with E-state index in [1.165, 1.54) is 19.3 Å². The van der Waals surface area contributed by atoms with Crippen LogP contribution in [-0.4, -0.2) is 58.5 Å². The first kappa shape index (κ1) is 22.2. The van der Waals surface area contributed by atoms with Crippen LogP contribution in [0.1, 0.15) is 86.5 Å². The van der Waals surface area contributed by atoms with Crippen molar-refractivity contribution in [2.45, 2.75) is 96.1 Å². The van der Waals surface area contributed by atoms with Crippen LogP contribution < -0.4 is 5.32 Å². The standard InChI is InChI=1S/C24H36N4O3/c1-16-20(14-22(29)27-19-9-4-3-5-10-19)17(2)26-23(25-16)18-8-6-12-28(15-18)24(30)21-11-7-13-31-21/h18-19,21H,3-15H2,1-2H3,(H,27,29)/t18-,21-/m1/s1. The third-order valence-electron chi connectivity index (χ3n) is 7.05. The number of nitrogens with zero attached hydrogens (tertiary/aromatic N) is 3. The van der Waals surface area contributed by atoms with E-state index in [-0.39, 0.29) is 23.8 Å². The van der Waals surface area contributed by atoms with Crippen LogP contribution >= 0.6 is 0 Å². The van der Waals surface area contributed by atoms with Crippen LogP contribution in [0.5, 0.6) is 0 Å². The lowest BCUT2D eigenvalue weighted by molar-refractivity contribution is -0.142. The Morgan fingerprint density at radius 1 is 1.00 bits per heavy atom. The largest absolute Gasteiger partial charge is 0.368 e. The first-order chi connectivity index (χ1) is 15.0. The second-order valence-electron chi connectivity index (χ2n) is 9.44. The lowest BCUT2D eigenvalue weighted by atomic mass is 9.95. The van der Waals surface area contributed by atoms with Crippen LogP contribution in [0.4, 0.5) is 0 Å². The number of carbonyl (C=O) groups is 2. The van der Waals surface area contributed by atoms with E-state index < -0.39 is 0 Å². The molecule has 2 atom stereocenters. The molecule has 3 aliphatic rings. The molecule has 7 nitrogen and oxygen atoms in total. The van der Waals surface area contributed by atoms with Crippen LogP contribution in [0, 0.1) is 13.8 Å². The molecule has 31 heavy (non-hydrogen) atoms. The minimum atomic E-state index is -0.270. The predicted octanol–water partition coefficient (Wildman–Crippen LogP) is 2.97. The number of likely N-dealkylation sites (tertiary alicyclic amines) is 1. The smallest absolute Gasteiger partial charge is 0.251 e. The van der Waals surface area contributed by atoms with Gasteiger partial charge in [-0.05, 0) is 52.4 Å². The van der Waals surface area contributed by atoms with Gasteiger partial charge in [-0.15, -0.1) is 0 Å². The van der Waals surface area contributed by atoms with Crippen LogP contribution in [0.3, 0.4) is 0 Å². The average Bonchev–Trinajstić information content (AvgIpc) is 3.31. The molecule has 2 saturated heterocycles. The van der Waals surface area contributed by atoms with E-state index in [1.807, 2.05) is 18.7 Å². The molecular formula is C24H36N4O3. The number of carbonyl (C=O) groups excluding carboxylic acids is 2. The first-order valence-electron chi connectivity index (χ1n) is 12.0. The Labute approximate surface area is 185 Å². The summed E-state index contributed by atoms with van der Waals surface area (Å²) in [6.45, 7) is 6.07. The van der Waals surface area contributed by atoms with E-state index >= 15 is 0 Å². The summed E-state index contributed by atoms with van der Waals surface area (Å²) < 4.78 is 5.59. The van der Waals surface area contributed by atoms with Gasteiger partial charge in [0, 0.05) is 48.6 Å². The van der Waals surface area contributed by atoms with Crippen molar-refractivity contribution < 1.29 is 14.3 Å². The van der Waals surface area contributed by atoms with E-state index in [2.05, 4.69) is 5.32 Å².